The van der Waals surface area contributed by atoms with Crippen molar-refractivity contribution in [2.24, 2.45) is 5.41 Å². The van der Waals surface area contributed by atoms with Crippen LogP contribution in [0.5, 0.6) is 0 Å². The Morgan fingerprint density at radius 3 is 2.75 bits per heavy atom. The van der Waals surface area contributed by atoms with Crippen LogP contribution in [-0.2, 0) is 4.79 Å². The van der Waals surface area contributed by atoms with Crippen molar-refractivity contribution in [3.05, 3.63) is 36.5 Å². The molecule has 4 heteroatoms. The number of anilines is 1. The average molecular weight is 267 g/mol. The summed E-state index contributed by atoms with van der Waals surface area (Å²) < 4.78 is 0. The summed E-state index contributed by atoms with van der Waals surface area (Å²) in [6.07, 6.45) is 2.73. The molecule has 2 rings (SSSR count). The lowest BCUT2D eigenvalue weighted by Gasteiger charge is -2.22. The number of carbonyl (C=O) groups excluding carboxylic acids is 1. The molecule has 2 aromatic rings. The van der Waals surface area contributed by atoms with Crippen LogP contribution < -0.4 is 5.32 Å². The van der Waals surface area contributed by atoms with Gasteiger partial charge in [0.05, 0.1) is 11.6 Å². The third kappa shape index (κ3) is 2.48. The first-order valence-corrected chi connectivity index (χ1v) is 6.72. The molecule has 102 valence electrons. The molecule has 0 bridgehead atoms. The highest BCUT2D eigenvalue weighted by Gasteiger charge is 2.34. The smallest absolute Gasteiger partial charge is 0.244 e. The number of hydrogen-bond donors (Lipinski definition) is 1. The van der Waals surface area contributed by atoms with Crippen molar-refractivity contribution in [1.29, 1.82) is 5.26 Å². The average Bonchev–Trinajstić information content (AvgIpc) is 2.49. The van der Waals surface area contributed by atoms with E-state index in [2.05, 4.69) is 16.4 Å². The van der Waals surface area contributed by atoms with Gasteiger partial charge in [-0.05, 0) is 37.1 Å². The number of hydrogen-bond acceptors (Lipinski definition) is 3. The Bertz CT molecular complexity index is 669. The second-order valence-corrected chi connectivity index (χ2v) is 4.77. The quantitative estimate of drug-likeness (QED) is 0.921. The van der Waals surface area contributed by atoms with Crippen LogP contribution in [0.25, 0.3) is 10.9 Å². The number of carbonyl (C=O) groups is 1. The molecule has 0 spiro atoms. The Labute approximate surface area is 118 Å². The minimum atomic E-state index is -0.954. The summed E-state index contributed by atoms with van der Waals surface area (Å²) in [5.74, 6) is -0.242. The summed E-state index contributed by atoms with van der Waals surface area (Å²) in [5.41, 5.74) is 0.615. The van der Waals surface area contributed by atoms with E-state index in [1.165, 1.54) is 0 Å². The molecule has 20 heavy (non-hydrogen) atoms. The molecule has 4 nitrogen and oxygen atoms in total. The van der Waals surface area contributed by atoms with Gasteiger partial charge in [-0.25, -0.2) is 0 Å². The highest BCUT2D eigenvalue weighted by Crippen LogP contribution is 2.28. The molecule has 0 aliphatic carbocycles. The van der Waals surface area contributed by atoms with Gasteiger partial charge in [0.25, 0.3) is 0 Å². The Morgan fingerprint density at radius 1 is 1.35 bits per heavy atom. The normalized spacial score (nSPS) is 11.1. The Balaban J connectivity index is 2.28. The van der Waals surface area contributed by atoms with Crippen LogP contribution in [0.3, 0.4) is 0 Å². The zero-order chi connectivity index (χ0) is 14.6. The van der Waals surface area contributed by atoms with E-state index in [4.69, 9.17) is 0 Å². The van der Waals surface area contributed by atoms with Gasteiger partial charge < -0.3 is 5.32 Å². The monoisotopic (exact) mass is 267 g/mol. The molecule has 0 aliphatic heterocycles. The molecule has 1 amide bonds. The number of fused-ring (bicyclic) bond motifs is 1. The van der Waals surface area contributed by atoms with Gasteiger partial charge in [0.2, 0.25) is 5.91 Å². The van der Waals surface area contributed by atoms with Crippen LogP contribution in [0.1, 0.15) is 26.7 Å². The predicted molar refractivity (Wildman–Crippen MR) is 79.0 cm³/mol. The summed E-state index contributed by atoms with van der Waals surface area (Å²) in [4.78, 5) is 16.5. The van der Waals surface area contributed by atoms with E-state index in [0.29, 0.717) is 18.5 Å². The van der Waals surface area contributed by atoms with Crippen molar-refractivity contribution in [2.75, 3.05) is 5.32 Å². The summed E-state index contributed by atoms with van der Waals surface area (Å²) in [6, 6.07) is 11.5. The van der Waals surface area contributed by atoms with E-state index in [0.717, 1.165) is 10.9 Å². The number of benzene rings is 1. The van der Waals surface area contributed by atoms with E-state index in [1.807, 2.05) is 38.1 Å². The predicted octanol–water partition coefficient (Wildman–Crippen LogP) is 3.50. The number of pyridine rings is 1. The maximum Gasteiger partial charge on any atom is 0.244 e. The van der Waals surface area contributed by atoms with Crippen molar-refractivity contribution in [2.45, 2.75) is 26.7 Å². The van der Waals surface area contributed by atoms with Crippen molar-refractivity contribution in [3.8, 4) is 6.07 Å². The lowest BCUT2D eigenvalue weighted by atomic mass is 9.83. The second-order valence-electron chi connectivity index (χ2n) is 4.77. The van der Waals surface area contributed by atoms with Crippen LogP contribution in [0.2, 0.25) is 0 Å². The zero-order valence-corrected chi connectivity index (χ0v) is 11.7. The number of nitriles is 1. The van der Waals surface area contributed by atoms with Gasteiger partial charge in [0, 0.05) is 17.3 Å². The van der Waals surface area contributed by atoms with Crippen LogP contribution in [0.4, 0.5) is 5.69 Å². The molecule has 1 heterocycles. The van der Waals surface area contributed by atoms with E-state index in [9.17, 15) is 10.1 Å². The molecule has 0 saturated heterocycles. The number of nitrogens with one attached hydrogen (secondary N) is 1. The zero-order valence-electron chi connectivity index (χ0n) is 11.7. The third-order valence-corrected chi connectivity index (χ3v) is 3.72. The highest BCUT2D eigenvalue weighted by molar-refractivity contribution is 5.98. The summed E-state index contributed by atoms with van der Waals surface area (Å²) in [5, 5.41) is 13.1. The maximum atomic E-state index is 12.3. The third-order valence-electron chi connectivity index (χ3n) is 3.72. The first kappa shape index (κ1) is 14.0. The van der Waals surface area contributed by atoms with E-state index < -0.39 is 5.41 Å². The topological polar surface area (TPSA) is 65.8 Å². The number of aromatic nitrogens is 1. The summed E-state index contributed by atoms with van der Waals surface area (Å²) >= 11 is 0. The Hall–Kier alpha value is -2.41. The molecule has 1 aromatic heterocycles. The molecular formula is C16H17N3O. The first-order chi connectivity index (χ1) is 9.65. The van der Waals surface area contributed by atoms with E-state index in [1.54, 1.807) is 12.3 Å². The van der Waals surface area contributed by atoms with Gasteiger partial charge in [-0.3, -0.25) is 9.78 Å². The fourth-order valence-electron chi connectivity index (χ4n) is 2.18. The molecule has 0 aliphatic rings. The van der Waals surface area contributed by atoms with Gasteiger partial charge >= 0.3 is 0 Å². The first-order valence-electron chi connectivity index (χ1n) is 6.72. The minimum absolute atomic E-state index is 0.242. The van der Waals surface area contributed by atoms with Crippen molar-refractivity contribution >= 4 is 22.5 Å². The number of amides is 1. The molecule has 1 N–H and O–H groups in total. The van der Waals surface area contributed by atoms with E-state index in [-0.39, 0.29) is 5.91 Å². The second kappa shape index (κ2) is 5.70. The molecule has 0 radical (unpaired) electrons. The van der Waals surface area contributed by atoms with Crippen molar-refractivity contribution < 1.29 is 4.79 Å². The molecule has 0 unspecified atom stereocenters. The Kier molecular flexibility index (Phi) is 3.99. The molecular weight excluding hydrogens is 250 g/mol. The summed E-state index contributed by atoms with van der Waals surface area (Å²) in [6.45, 7) is 3.72. The largest absolute Gasteiger partial charge is 0.325 e. The fraction of sp³-hybridized carbons (Fsp3) is 0.312. The van der Waals surface area contributed by atoms with Gasteiger partial charge in [-0.15, -0.1) is 0 Å². The molecule has 1 aromatic carbocycles. The lowest BCUT2D eigenvalue weighted by Crippen LogP contribution is -2.33. The lowest BCUT2D eigenvalue weighted by molar-refractivity contribution is -0.123. The van der Waals surface area contributed by atoms with E-state index >= 15 is 0 Å². The molecule has 0 fully saturated rings. The summed E-state index contributed by atoms with van der Waals surface area (Å²) in [7, 11) is 0. The van der Waals surface area contributed by atoms with Gasteiger partial charge in [-0.1, -0.05) is 19.9 Å². The fourth-order valence-corrected chi connectivity index (χ4v) is 2.18. The maximum absolute atomic E-state index is 12.3. The SMILES string of the molecule is CCC(C#N)(CC)C(=O)Nc1ccc2ncccc2c1. The van der Waals surface area contributed by atoms with Gasteiger partial charge in [-0.2, -0.15) is 5.26 Å². The minimum Gasteiger partial charge on any atom is -0.325 e. The van der Waals surface area contributed by atoms with Crippen molar-refractivity contribution in [1.82, 2.24) is 4.98 Å². The molecule has 0 saturated carbocycles. The molecule has 0 atom stereocenters. The number of nitrogens with zero attached hydrogens (tertiary/aromatic N) is 2. The van der Waals surface area contributed by atoms with Crippen LogP contribution in [0, 0.1) is 16.7 Å². The van der Waals surface area contributed by atoms with Gasteiger partial charge in [0.1, 0.15) is 5.41 Å². The Morgan fingerprint density at radius 2 is 2.10 bits per heavy atom. The van der Waals surface area contributed by atoms with Crippen LogP contribution in [0.15, 0.2) is 36.5 Å². The van der Waals surface area contributed by atoms with Crippen LogP contribution in [-0.4, -0.2) is 10.9 Å². The van der Waals surface area contributed by atoms with Crippen LogP contribution >= 0.6 is 0 Å². The van der Waals surface area contributed by atoms with Gasteiger partial charge in [0.15, 0.2) is 0 Å². The standard InChI is InChI=1S/C16H17N3O/c1-3-16(4-2,11-17)15(20)19-13-7-8-14-12(10-13)6-5-9-18-14/h5-10H,3-4H2,1-2H3,(H,19,20). The van der Waals surface area contributed by atoms with Crippen molar-refractivity contribution in [3.63, 3.8) is 0 Å². The highest BCUT2D eigenvalue weighted by atomic mass is 16.2. The number of rotatable bonds is 4.